The number of carbonyl (C=O) groups excluding carboxylic acids is 2. The molecule has 3 aromatic carbocycles. The molecule has 4 N–H and O–H groups in total. The van der Waals surface area contributed by atoms with Gasteiger partial charge in [0, 0.05) is 12.5 Å². The van der Waals surface area contributed by atoms with Crippen molar-refractivity contribution in [2.75, 3.05) is 19.8 Å². The first kappa shape index (κ1) is 35.7. The van der Waals surface area contributed by atoms with Gasteiger partial charge in [-0.15, -0.1) is 0 Å². The van der Waals surface area contributed by atoms with Crippen LogP contribution in [0.2, 0.25) is 0 Å². The van der Waals surface area contributed by atoms with Crippen molar-refractivity contribution >= 4 is 23.0 Å². The first-order valence-corrected chi connectivity index (χ1v) is 16.4. The Morgan fingerprint density at radius 2 is 1.67 bits per heavy atom. The van der Waals surface area contributed by atoms with Crippen LogP contribution in [0.25, 0.3) is 22.1 Å². The SMILES string of the molecule is CC(C)(C)OC(=O)N[C@H](Cc1ccccc1)C(=O)OC[C@H]1O[C@@H](Oc2ccc3c(=O)c(-c4ccc5c(c4)OCCO5)coc3c2)[C@@H](O)[C@H](O)[C@@H]1O. The van der Waals surface area contributed by atoms with E-state index in [1.165, 1.54) is 24.5 Å². The zero-order chi connectivity index (χ0) is 36.3. The first-order valence-electron chi connectivity index (χ1n) is 16.4. The Labute approximate surface area is 292 Å². The minimum Gasteiger partial charge on any atom is -0.486 e. The van der Waals surface area contributed by atoms with Crippen LogP contribution in [0.4, 0.5) is 4.79 Å². The van der Waals surface area contributed by atoms with Crippen molar-refractivity contribution in [2.24, 2.45) is 0 Å². The van der Waals surface area contributed by atoms with E-state index in [2.05, 4.69) is 5.32 Å². The van der Waals surface area contributed by atoms with Gasteiger partial charge < -0.3 is 53.5 Å². The monoisotopic (exact) mass is 705 g/mol. The lowest BCUT2D eigenvalue weighted by atomic mass is 9.99. The fourth-order valence-electron chi connectivity index (χ4n) is 5.64. The van der Waals surface area contributed by atoms with E-state index in [0.29, 0.717) is 35.8 Å². The first-order chi connectivity index (χ1) is 24.4. The summed E-state index contributed by atoms with van der Waals surface area (Å²) in [5, 5.41) is 34.8. The molecule has 0 radical (unpaired) electrons. The maximum absolute atomic E-state index is 13.4. The van der Waals surface area contributed by atoms with E-state index < -0.39 is 61.0 Å². The standard InChI is InChI=1S/C37H39NO13/c1-37(2,3)51-36(44)38-25(15-20-7-5-4-6-8-20)34(43)48-19-29-31(40)32(41)33(42)35(50-29)49-22-10-11-23-27(17-22)47-18-24(30(23)39)21-9-12-26-28(16-21)46-14-13-45-26/h4-12,16-18,25,29,31-33,35,40-42H,13-15,19H2,1-3H3,(H,38,44)/t25-,29-,31-,32-,33+,35-/m1/s1. The molecule has 6 rings (SSSR count). The quantitative estimate of drug-likeness (QED) is 0.186. The summed E-state index contributed by atoms with van der Waals surface area (Å²) in [6.07, 6.45) is -7.38. The number of ether oxygens (including phenoxy) is 6. The fourth-order valence-corrected chi connectivity index (χ4v) is 5.64. The predicted molar refractivity (Wildman–Crippen MR) is 180 cm³/mol. The van der Waals surface area contributed by atoms with E-state index in [9.17, 15) is 29.7 Å². The molecule has 1 amide bonds. The van der Waals surface area contributed by atoms with Gasteiger partial charge in [0.1, 0.15) is 73.5 Å². The third kappa shape index (κ3) is 8.43. The summed E-state index contributed by atoms with van der Waals surface area (Å²) >= 11 is 0. The maximum atomic E-state index is 13.4. The van der Waals surface area contributed by atoms with Crippen LogP contribution in [0.15, 0.2) is 82.2 Å². The third-order valence-electron chi connectivity index (χ3n) is 8.17. The molecule has 0 saturated carbocycles. The number of nitrogens with one attached hydrogen (secondary N) is 1. The van der Waals surface area contributed by atoms with Gasteiger partial charge in [0.25, 0.3) is 0 Å². The Bertz CT molecular complexity index is 1920. The summed E-state index contributed by atoms with van der Waals surface area (Å²) in [5.41, 5.74) is 0.686. The van der Waals surface area contributed by atoms with Crippen LogP contribution in [-0.2, 0) is 25.4 Å². The highest BCUT2D eigenvalue weighted by Gasteiger charge is 2.46. The summed E-state index contributed by atoms with van der Waals surface area (Å²) in [6, 6.07) is 17.3. The van der Waals surface area contributed by atoms with Gasteiger partial charge in [-0.25, -0.2) is 9.59 Å². The van der Waals surface area contributed by atoms with Crippen molar-refractivity contribution in [2.45, 2.75) is 69.5 Å². The molecule has 0 spiro atoms. The molecule has 270 valence electrons. The molecule has 51 heavy (non-hydrogen) atoms. The molecule has 1 fully saturated rings. The zero-order valence-electron chi connectivity index (χ0n) is 28.1. The predicted octanol–water partition coefficient (Wildman–Crippen LogP) is 3.10. The second-order valence-electron chi connectivity index (χ2n) is 13.1. The number of alkyl carbamates (subject to hydrolysis) is 1. The van der Waals surface area contributed by atoms with E-state index >= 15 is 0 Å². The molecular formula is C37H39NO13. The highest BCUT2D eigenvalue weighted by molar-refractivity contribution is 5.83. The summed E-state index contributed by atoms with van der Waals surface area (Å²) in [5.74, 6) is 0.381. The Morgan fingerprint density at radius 1 is 0.922 bits per heavy atom. The highest BCUT2D eigenvalue weighted by atomic mass is 16.7. The van der Waals surface area contributed by atoms with E-state index in [1.807, 2.05) is 6.07 Å². The van der Waals surface area contributed by atoms with Crippen LogP contribution in [0.1, 0.15) is 26.3 Å². The van der Waals surface area contributed by atoms with Gasteiger partial charge in [-0.2, -0.15) is 0 Å². The molecule has 1 saturated heterocycles. The van der Waals surface area contributed by atoms with Gasteiger partial charge >= 0.3 is 12.1 Å². The van der Waals surface area contributed by atoms with Crippen molar-refractivity contribution in [3.63, 3.8) is 0 Å². The van der Waals surface area contributed by atoms with Crippen LogP contribution < -0.4 is 25.0 Å². The number of aliphatic hydroxyl groups is 3. The summed E-state index contributed by atoms with van der Waals surface area (Å²) < 4.78 is 39.3. The highest BCUT2D eigenvalue weighted by Crippen LogP contribution is 2.34. The zero-order valence-corrected chi connectivity index (χ0v) is 28.1. The number of hydrogen-bond donors (Lipinski definition) is 4. The fraction of sp³-hybridized carbons (Fsp3) is 0.378. The lowest BCUT2D eigenvalue weighted by molar-refractivity contribution is -0.278. The molecule has 14 nitrogen and oxygen atoms in total. The largest absolute Gasteiger partial charge is 0.486 e. The molecule has 1 aromatic heterocycles. The average molecular weight is 706 g/mol. The Morgan fingerprint density at radius 3 is 2.41 bits per heavy atom. The number of esters is 1. The second-order valence-corrected chi connectivity index (χ2v) is 13.1. The summed E-state index contributed by atoms with van der Waals surface area (Å²) in [6.45, 7) is 5.34. The number of benzene rings is 3. The normalized spacial score (nSPS) is 22.1. The molecule has 0 unspecified atom stereocenters. The Balaban J connectivity index is 1.13. The van der Waals surface area contributed by atoms with Crippen molar-refractivity contribution in [1.29, 1.82) is 0 Å². The van der Waals surface area contributed by atoms with E-state index in [1.54, 1.807) is 63.2 Å². The molecule has 2 aliphatic rings. The number of carbonyl (C=O) groups is 2. The van der Waals surface area contributed by atoms with Gasteiger partial charge in [-0.1, -0.05) is 36.4 Å². The topological polar surface area (TPSA) is 192 Å². The van der Waals surface area contributed by atoms with Crippen LogP contribution in [-0.4, -0.2) is 89.6 Å². The molecular weight excluding hydrogens is 666 g/mol. The molecule has 4 aromatic rings. The van der Waals surface area contributed by atoms with Gasteiger partial charge in [-0.3, -0.25) is 4.79 Å². The van der Waals surface area contributed by atoms with Crippen LogP contribution >= 0.6 is 0 Å². The number of fused-ring (bicyclic) bond motifs is 2. The summed E-state index contributed by atoms with van der Waals surface area (Å²) in [7, 11) is 0. The Hall–Kier alpha value is -5.15. The molecule has 6 atom stereocenters. The second kappa shape index (κ2) is 15.0. The van der Waals surface area contributed by atoms with Crippen LogP contribution in [0, 0.1) is 0 Å². The number of hydrogen-bond acceptors (Lipinski definition) is 13. The van der Waals surface area contributed by atoms with E-state index in [4.69, 9.17) is 32.8 Å². The van der Waals surface area contributed by atoms with Gasteiger partial charge in [0.2, 0.25) is 6.29 Å². The van der Waals surface area contributed by atoms with E-state index in [-0.39, 0.29) is 28.6 Å². The van der Waals surface area contributed by atoms with Crippen molar-refractivity contribution in [1.82, 2.24) is 5.32 Å². The third-order valence-corrected chi connectivity index (χ3v) is 8.17. The molecule has 0 aliphatic carbocycles. The number of rotatable bonds is 9. The number of aliphatic hydroxyl groups excluding tert-OH is 3. The average Bonchev–Trinajstić information content (AvgIpc) is 3.10. The lowest BCUT2D eigenvalue weighted by Gasteiger charge is -2.40. The lowest BCUT2D eigenvalue weighted by Crippen LogP contribution is -2.60. The van der Waals surface area contributed by atoms with Crippen LogP contribution in [0.5, 0.6) is 17.2 Å². The molecule has 3 heterocycles. The summed E-state index contributed by atoms with van der Waals surface area (Å²) in [4.78, 5) is 39.2. The van der Waals surface area contributed by atoms with Crippen molar-refractivity contribution in [3.8, 4) is 28.4 Å². The minimum absolute atomic E-state index is 0.0797. The van der Waals surface area contributed by atoms with Gasteiger partial charge in [0.05, 0.1) is 10.9 Å². The maximum Gasteiger partial charge on any atom is 0.408 e. The molecule has 2 aliphatic heterocycles. The van der Waals surface area contributed by atoms with Gasteiger partial charge in [-0.05, 0) is 56.2 Å². The smallest absolute Gasteiger partial charge is 0.408 e. The molecule has 14 heteroatoms. The Kier molecular flexibility index (Phi) is 10.5. The van der Waals surface area contributed by atoms with Crippen LogP contribution in [0.3, 0.4) is 0 Å². The number of amides is 1. The molecule has 0 bridgehead atoms. The van der Waals surface area contributed by atoms with Gasteiger partial charge in [0.15, 0.2) is 16.9 Å². The van der Waals surface area contributed by atoms with E-state index in [0.717, 1.165) is 5.56 Å². The minimum atomic E-state index is -1.74. The van der Waals surface area contributed by atoms with Crippen molar-refractivity contribution in [3.05, 3.63) is 88.8 Å². The van der Waals surface area contributed by atoms with Crippen molar-refractivity contribution < 1.29 is 57.7 Å².